The van der Waals surface area contributed by atoms with E-state index >= 15 is 0 Å². The highest BCUT2D eigenvalue weighted by molar-refractivity contribution is 5.74. The lowest BCUT2D eigenvalue weighted by Gasteiger charge is -2.15. The van der Waals surface area contributed by atoms with Gasteiger partial charge in [-0.15, -0.1) is 10.2 Å². The van der Waals surface area contributed by atoms with Gasteiger partial charge in [-0.3, -0.25) is 9.56 Å². The second kappa shape index (κ2) is 23.5. The number of nitrogens with two attached hydrogens (primary N) is 1. The van der Waals surface area contributed by atoms with Crippen LogP contribution in [0.5, 0.6) is 11.5 Å². The van der Waals surface area contributed by atoms with Gasteiger partial charge < -0.3 is 25.2 Å². The lowest BCUT2D eigenvalue weighted by Crippen LogP contribution is -2.04. The largest absolute Gasteiger partial charge is 0.507 e. The van der Waals surface area contributed by atoms with Crippen LogP contribution in [-0.2, 0) is 16.0 Å². The Bertz CT molecular complexity index is 1040. The molecule has 0 saturated heterocycles. The molecule has 1 aromatic heterocycles. The molecule has 0 saturated carbocycles. The van der Waals surface area contributed by atoms with Crippen molar-refractivity contribution in [2.75, 3.05) is 14.2 Å². The monoisotopic (exact) mass is 529 g/mol. The van der Waals surface area contributed by atoms with Crippen molar-refractivity contribution in [1.29, 1.82) is 0 Å². The number of nitrogens with zero attached hydrogens (tertiary/aromatic N) is 4. The minimum absolute atomic E-state index is 0.121. The maximum absolute atomic E-state index is 10.4. The van der Waals surface area contributed by atoms with E-state index in [2.05, 4.69) is 41.7 Å². The van der Waals surface area contributed by atoms with Crippen LogP contribution in [0.4, 0.5) is 5.69 Å². The summed E-state index contributed by atoms with van der Waals surface area (Å²) >= 11 is 0. The molecule has 0 fully saturated rings. The average Bonchev–Trinajstić information content (AvgIpc) is 3.38. The Morgan fingerprint density at radius 2 is 1.63 bits per heavy atom. The van der Waals surface area contributed by atoms with Crippen LogP contribution >= 0.6 is 0 Å². The first-order valence-corrected chi connectivity index (χ1v) is 12.4. The van der Waals surface area contributed by atoms with E-state index in [1.54, 1.807) is 31.5 Å². The molecule has 9 heteroatoms. The fourth-order valence-electron chi connectivity index (χ4n) is 2.92. The lowest BCUT2D eigenvalue weighted by atomic mass is 10.1. The second-order valence-corrected chi connectivity index (χ2v) is 7.57. The van der Waals surface area contributed by atoms with Gasteiger partial charge in [0, 0.05) is 12.6 Å². The summed E-state index contributed by atoms with van der Waals surface area (Å²) in [5, 5.41) is 19.1. The Labute approximate surface area is 228 Å². The number of methoxy groups -OCH3 is 1. The smallest absolute Gasteiger partial charge is 0.172 e. The van der Waals surface area contributed by atoms with Gasteiger partial charge in [0.1, 0.15) is 30.9 Å². The van der Waals surface area contributed by atoms with Crippen LogP contribution in [0.25, 0.3) is 17.1 Å². The predicted octanol–water partition coefficient (Wildman–Crippen LogP) is 6.14. The highest BCUT2D eigenvalue weighted by Gasteiger charge is 2.20. The van der Waals surface area contributed by atoms with Crippen LogP contribution in [-0.4, -0.2) is 53.8 Å². The number of aliphatic imine (C=N–C) groups is 1. The number of hydrogen-bond acceptors (Lipinski definition) is 8. The van der Waals surface area contributed by atoms with Crippen LogP contribution in [0.1, 0.15) is 59.9 Å². The molecule has 0 spiro atoms. The van der Waals surface area contributed by atoms with Crippen molar-refractivity contribution >= 4 is 25.5 Å². The quantitative estimate of drug-likeness (QED) is 0.380. The predicted molar refractivity (Wildman–Crippen MR) is 159 cm³/mol. The highest BCUT2D eigenvalue weighted by Crippen LogP contribution is 2.36. The summed E-state index contributed by atoms with van der Waals surface area (Å²) < 4.78 is 7.25. The van der Waals surface area contributed by atoms with Gasteiger partial charge in [-0.1, -0.05) is 53.7 Å². The molecule has 0 atom stereocenters. The van der Waals surface area contributed by atoms with Crippen LogP contribution in [0.2, 0.25) is 0 Å². The number of phenols is 1. The molecule has 212 valence electrons. The highest BCUT2D eigenvalue weighted by atomic mass is 16.5. The summed E-state index contributed by atoms with van der Waals surface area (Å²) in [5.74, 6) is 2.94. The molecule has 3 rings (SSSR count). The molecule has 0 unspecified atom stereocenters. The molecule has 0 bridgehead atoms. The number of carbonyl (C=O) groups is 2. The van der Waals surface area contributed by atoms with Gasteiger partial charge in [0.25, 0.3) is 0 Å². The van der Waals surface area contributed by atoms with Crippen molar-refractivity contribution in [2.45, 2.75) is 61.8 Å². The average molecular weight is 530 g/mol. The summed E-state index contributed by atoms with van der Waals surface area (Å²) in [4.78, 5) is 20.5. The van der Waals surface area contributed by atoms with E-state index in [4.69, 9.17) is 14.3 Å². The molecular formula is C29H47N5O4. The molecule has 3 N–H and O–H groups in total. The summed E-state index contributed by atoms with van der Waals surface area (Å²) in [6.07, 6.45) is 2.46. The third-order valence-electron chi connectivity index (χ3n) is 4.21. The fraction of sp³-hybridized carbons (Fsp3) is 0.414. The first kappa shape index (κ1) is 38.7. The molecule has 0 radical (unpaired) electrons. The number of hydrogen-bond donors (Lipinski definition) is 2. The number of aromatic nitrogens is 3. The summed E-state index contributed by atoms with van der Waals surface area (Å²) in [6, 6.07) is 11.0. The Kier molecular flexibility index (Phi) is 24.0. The molecule has 0 aliphatic rings. The van der Waals surface area contributed by atoms with E-state index in [-0.39, 0.29) is 5.75 Å². The number of carbonyl (C=O) groups excluding carboxylic acids is 2. The number of aryl methyl sites for hydroxylation is 2. The molecule has 0 aliphatic heterocycles. The Balaban J connectivity index is -0.000000886. The zero-order chi connectivity index (χ0) is 30.3. The minimum atomic E-state index is 0.121. The molecule has 0 aliphatic carbocycles. The molecule has 2 aromatic carbocycles. The zero-order valence-corrected chi connectivity index (χ0v) is 24.8. The lowest BCUT2D eigenvalue weighted by molar-refractivity contribution is -0.0987. The number of rotatable bonds is 5. The third-order valence-corrected chi connectivity index (χ3v) is 4.21. The number of benzene rings is 2. The normalized spacial score (nSPS) is 9.16. The number of ether oxygens (including phenoxy) is 1. The van der Waals surface area contributed by atoms with Gasteiger partial charge >= 0.3 is 0 Å². The van der Waals surface area contributed by atoms with Gasteiger partial charge in [-0.05, 0) is 56.6 Å². The molecule has 3 aromatic rings. The maximum atomic E-state index is 10.4. The third kappa shape index (κ3) is 11.9. The molecule has 38 heavy (non-hydrogen) atoms. The van der Waals surface area contributed by atoms with E-state index in [0.29, 0.717) is 23.6 Å². The van der Waals surface area contributed by atoms with E-state index in [9.17, 15) is 5.11 Å². The summed E-state index contributed by atoms with van der Waals surface area (Å²) in [7, 11) is 3.09. The number of phenolic OH excluding ortho intramolecular Hbond substituents is 1. The standard InChI is InChI=1S/C20H22N4O2.C4H10.C2H6.CH5N.2CH2O/c1-5-18-22-23-20(15-12-14(26-4)10-11-17(15)25)24(18)16-9-7-8-13(3)19(16)21-6-2;1-4(2)3;4*1-2/h6-12,25H,5H2,1-4H3;4H,1-3H3;1-2H3;2H2,1H3;2*1H2. The van der Waals surface area contributed by atoms with Crippen molar-refractivity contribution in [3.05, 3.63) is 47.8 Å². The first-order valence-electron chi connectivity index (χ1n) is 12.4. The first-order chi connectivity index (χ1) is 18.3. The Morgan fingerprint density at radius 3 is 2.11 bits per heavy atom. The number of aromatic hydroxyl groups is 1. The van der Waals surface area contributed by atoms with Gasteiger partial charge in [0.05, 0.1) is 24.0 Å². The van der Waals surface area contributed by atoms with Crippen LogP contribution in [0.3, 0.4) is 0 Å². The fourth-order valence-corrected chi connectivity index (χ4v) is 2.92. The van der Waals surface area contributed by atoms with Gasteiger partial charge in [-0.25, -0.2) is 0 Å². The van der Waals surface area contributed by atoms with Crippen molar-refractivity contribution in [3.8, 4) is 28.6 Å². The van der Waals surface area contributed by atoms with Crippen molar-refractivity contribution < 1.29 is 19.4 Å². The molecular weight excluding hydrogens is 482 g/mol. The van der Waals surface area contributed by atoms with Crippen molar-refractivity contribution in [2.24, 2.45) is 16.6 Å². The van der Waals surface area contributed by atoms with E-state index in [0.717, 1.165) is 28.7 Å². The minimum Gasteiger partial charge on any atom is -0.507 e. The van der Waals surface area contributed by atoms with Gasteiger partial charge in [-0.2, -0.15) is 0 Å². The Morgan fingerprint density at radius 1 is 1.08 bits per heavy atom. The molecule has 9 nitrogen and oxygen atoms in total. The zero-order valence-electron chi connectivity index (χ0n) is 24.8. The van der Waals surface area contributed by atoms with E-state index < -0.39 is 0 Å². The second-order valence-electron chi connectivity index (χ2n) is 7.57. The van der Waals surface area contributed by atoms with Gasteiger partial charge in [0.2, 0.25) is 0 Å². The van der Waals surface area contributed by atoms with Crippen molar-refractivity contribution in [3.63, 3.8) is 0 Å². The van der Waals surface area contributed by atoms with Crippen LogP contribution < -0.4 is 10.5 Å². The van der Waals surface area contributed by atoms with E-state index in [1.165, 1.54) is 7.05 Å². The molecule has 0 amide bonds. The summed E-state index contributed by atoms with van der Waals surface area (Å²) in [5.41, 5.74) is 7.84. The van der Waals surface area contributed by atoms with E-state index in [1.807, 2.05) is 71.0 Å². The van der Waals surface area contributed by atoms with Gasteiger partial charge in [0.15, 0.2) is 5.82 Å². The SMILES string of the molecule is C=O.C=O.CC.CC(C)C.CC=Nc1c(C)cccc1-n1c(CC)nnc1-c1cc(OC)ccc1O.CN. The maximum Gasteiger partial charge on any atom is 0.172 e. The number of para-hydroxylation sites is 1. The van der Waals surface area contributed by atoms with Crippen molar-refractivity contribution in [1.82, 2.24) is 14.8 Å². The van der Waals surface area contributed by atoms with Crippen LogP contribution in [0.15, 0.2) is 41.4 Å². The summed E-state index contributed by atoms with van der Waals surface area (Å²) in [6.45, 7) is 20.4. The molecule has 1 heterocycles. The Hall–Kier alpha value is -3.85. The van der Waals surface area contributed by atoms with Crippen LogP contribution in [0, 0.1) is 12.8 Å². The topological polar surface area (TPSA) is 133 Å².